The number of anilines is 1. The van der Waals surface area contributed by atoms with Crippen molar-refractivity contribution in [3.05, 3.63) is 59.7 Å². The highest BCUT2D eigenvalue weighted by molar-refractivity contribution is 7.92. The summed E-state index contributed by atoms with van der Waals surface area (Å²) in [6.45, 7) is 2.48. The van der Waals surface area contributed by atoms with Crippen LogP contribution < -0.4 is 10.0 Å². The molecule has 2 rings (SSSR count). The zero-order chi connectivity index (χ0) is 19.2. The first kappa shape index (κ1) is 19.5. The molecule has 2 aromatic rings. The molecule has 8 heteroatoms. The Balaban J connectivity index is 2.24. The molecule has 0 aliphatic carbocycles. The van der Waals surface area contributed by atoms with Gasteiger partial charge in [-0.05, 0) is 42.8 Å². The van der Waals surface area contributed by atoms with Gasteiger partial charge in [0.15, 0.2) is 0 Å². The summed E-state index contributed by atoms with van der Waals surface area (Å²) in [7, 11) is -2.71. The van der Waals surface area contributed by atoms with Crippen LogP contribution in [0, 0.1) is 0 Å². The van der Waals surface area contributed by atoms with E-state index in [0.717, 1.165) is 6.42 Å². The van der Waals surface area contributed by atoms with Crippen LogP contribution in [0.25, 0.3) is 0 Å². The highest BCUT2D eigenvalue weighted by atomic mass is 32.2. The van der Waals surface area contributed by atoms with Crippen molar-refractivity contribution in [2.45, 2.75) is 18.2 Å². The van der Waals surface area contributed by atoms with Gasteiger partial charge in [0.25, 0.3) is 15.9 Å². The predicted octanol–water partition coefficient (Wildman–Crippen LogP) is 2.41. The van der Waals surface area contributed by atoms with Gasteiger partial charge in [-0.3, -0.25) is 9.52 Å². The van der Waals surface area contributed by atoms with Gasteiger partial charge in [-0.2, -0.15) is 0 Å². The fourth-order valence-corrected chi connectivity index (χ4v) is 3.27. The summed E-state index contributed by atoms with van der Waals surface area (Å²) in [6, 6.07) is 11.7. The van der Waals surface area contributed by atoms with Gasteiger partial charge in [0.2, 0.25) is 0 Å². The minimum absolute atomic E-state index is 0.0239. The van der Waals surface area contributed by atoms with Gasteiger partial charge in [-0.1, -0.05) is 19.1 Å². The lowest BCUT2D eigenvalue weighted by Gasteiger charge is -2.12. The summed E-state index contributed by atoms with van der Waals surface area (Å²) in [5.41, 5.74) is 0.589. The number of para-hydroxylation sites is 1. The number of amides is 1. The molecule has 138 valence electrons. The lowest BCUT2D eigenvalue weighted by molar-refractivity contribution is 0.0601. The summed E-state index contributed by atoms with van der Waals surface area (Å²) in [5, 5.41) is 2.72. The highest BCUT2D eigenvalue weighted by Crippen LogP contribution is 2.21. The quantitative estimate of drug-likeness (QED) is 0.723. The van der Waals surface area contributed by atoms with E-state index in [-0.39, 0.29) is 22.1 Å². The first-order valence-electron chi connectivity index (χ1n) is 7.97. The van der Waals surface area contributed by atoms with Crippen LogP contribution in [0.5, 0.6) is 0 Å². The number of ether oxygens (including phenoxy) is 1. The van der Waals surface area contributed by atoms with Crippen LogP contribution in [-0.4, -0.2) is 33.9 Å². The second kappa shape index (κ2) is 8.48. The number of rotatable bonds is 7. The van der Waals surface area contributed by atoms with Gasteiger partial charge in [0, 0.05) is 12.1 Å². The topological polar surface area (TPSA) is 102 Å². The predicted molar refractivity (Wildman–Crippen MR) is 97.7 cm³/mol. The molecule has 0 spiro atoms. The van der Waals surface area contributed by atoms with Gasteiger partial charge >= 0.3 is 5.97 Å². The Bertz CT molecular complexity index is 892. The molecule has 26 heavy (non-hydrogen) atoms. The normalized spacial score (nSPS) is 10.8. The lowest BCUT2D eigenvalue weighted by atomic mass is 10.2. The zero-order valence-electron chi connectivity index (χ0n) is 14.5. The second-order valence-electron chi connectivity index (χ2n) is 5.42. The molecule has 0 unspecified atom stereocenters. The van der Waals surface area contributed by atoms with Crippen molar-refractivity contribution in [2.24, 2.45) is 0 Å². The average Bonchev–Trinajstić information content (AvgIpc) is 2.65. The SMILES string of the molecule is CCCNC(=O)c1ccc(S(=O)(=O)Nc2ccccc2C(=O)OC)cc1. The van der Waals surface area contributed by atoms with E-state index >= 15 is 0 Å². The van der Waals surface area contributed by atoms with Gasteiger partial charge in [-0.15, -0.1) is 0 Å². The summed E-state index contributed by atoms with van der Waals surface area (Å²) >= 11 is 0. The summed E-state index contributed by atoms with van der Waals surface area (Å²) in [5.74, 6) is -0.911. The third kappa shape index (κ3) is 4.60. The van der Waals surface area contributed by atoms with Crippen LogP contribution in [0.3, 0.4) is 0 Å². The number of esters is 1. The molecule has 0 aromatic heterocycles. The van der Waals surface area contributed by atoms with E-state index in [2.05, 4.69) is 14.8 Å². The Morgan fingerprint density at radius 3 is 2.31 bits per heavy atom. The number of hydrogen-bond acceptors (Lipinski definition) is 5. The van der Waals surface area contributed by atoms with Crippen molar-refractivity contribution < 1.29 is 22.7 Å². The molecular formula is C18H20N2O5S. The molecule has 2 aromatic carbocycles. The monoisotopic (exact) mass is 376 g/mol. The first-order valence-corrected chi connectivity index (χ1v) is 9.45. The lowest BCUT2D eigenvalue weighted by Crippen LogP contribution is -2.24. The van der Waals surface area contributed by atoms with Gasteiger partial charge in [0.1, 0.15) is 0 Å². The fraction of sp³-hybridized carbons (Fsp3) is 0.222. The van der Waals surface area contributed by atoms with E-state index in [0.29, 0.717) is 12.1 Å². The van der Waals surface area contributed by atoms with Crippen LogP contribution in [0.1, 0.15) is 34.1 Å². The molecule has 0 atom stereocenters. The molecule has 2 N–H and O–H groups in total. The number of hydrogen-bond donors (Lipinski definition) is 2. The third-order valence-corrected chi connectivity index (χ3v) is 4.92. The minimum atomic E-state index is -3.93. The molecule has 0 saturated heterocycles. The van der Waals surface area contributed by atoms with E-state index in [1.165, 1.54) is 43.5 Å². The molecule has 0 saturated carbocycles. The van der Waals surface area contributed by atoms with Crippen molar-refractivity contribution >= 4 is 27.6 Å². The van der Waals surface area contributed by atoms with Crippen LogP contribution in [0.2, 0.25) is 0 Å². The largest absolute Gasteiger partial charge is 0.465 e. The molecule has 1 amide bonds. The van der Waals surface area contributed by atoms with Crippen molar-refractivity contribution in [3.63, 3.8) is 0 Å². The fourth-order valence-electron chi connectivity index (χ4n) is 2.19. The summed E-state index contributed by atoms with van der Waals surface area (Å²) in [4.78, 5) is 23.6. The second-order valence-corrected chi connectivity index (χ2v) is 7.11. The van der Waals surface area contributed by atoms with Crippen LogP contribution >= 0.6 is 0 Å². The minimum Gasteiger partial charge on any atom is -0.465 e. The van der Waals surface area contributed by atoms with Gasteiger partial charge < -0.3 is 10.1 Å². The molecule has 0 aliphatic heterocycles. The Labute approximate surface area is 152 Å². The Morgan fingerprint density at radius 2 is 1.69 bits per heavy atom. The molecule has 0 aliphatic rings. The first-order chi connectivity index (χ1) is 12.4. The van der Waals surface area contributed by atoms with Crippen molar-refractivity contribution in [1.82, 2.24) is 5.32 Å². The van der Waals surface area contributed by atoms with E-state index in [1.807, 2.05) is 6.92 Å². The zero-order valence-corrected chi connectivity index (χ0v) is 15.3. The number of methoxy groups -OCH3 is 1. The molecule has 7 nitrogen and oxygen atoms in total. The molecule has 0 radical (unpaired) electrons. The average molecular weight is 376 g/mol. The van der Waals surface area contributed by atoms with Crippen LogP contribution in [0.15, 0.2) is 53.4 Å². The molecular weight excluding hydrogens is 356 g/mol. The molecule has 0 heterocycles. The number of nitrogens with one attached hydrogen (secondary N) is 2. The maximum absolute atomic E-state index is 12.6. The van der Waals surface area contributed by atoms with Crippen molar-refractivity contribution in [3.8, 4) is 0 Å². The third-order valence-electron chi connectivity index (χ3n) is 3.54. The van der Waals surface area contributed by atoms with E-state index < -0.39 is 16.0 Å². The maximum Gasteiger partial charge on any atom is 0.339 e. The van der Waals surface area contributed by atoms with E-state index in [4.69, 9.17) is 0 Å². The summed E-state index contributed by atoms with van der Waals surface area (Å²) < 4.78 is 32.1. The summed E-state index contributed by atoms with van der Waals surface area (Å²) in [6.07, 6.45) is 0.807. The van der Waals surface area contributed by atoms with Crippen LogP contribution in [0.4, 0.5) is 5.69 Å². The van der Waals surface area contributed by atoms with Crippen molar-refractivity contribution in [1.29, 1.82) is 0 Å². The van der Waals surface area contributed by atoms with E-state index in [9.17, 15) is 18.0 Å². The molecule has 0 fully saturated rings. The molecule has 0 bridgehead atoms. The smallest absolute Gasteiger partial charge is 0.339 e. The van der Waals surface area contributed by atoms with Gasteiger partial charge in [0.05, 0.1) is 23.3 Å². The number of carbonyl (C=O) groups is 2. The Kier molecular flexibility index (Phi) is 6.35. The number of carbonyl (C=O) groups excluding carboxylic acids is 2. The van der Waals surface area contributed by atoms with Gasteiger partial charge in [-0.25, -0.2) is 13.2 Å². The number of benzene rings is 2. The number of sulfonamides is 1. The standard InChI is InChI=1S/C18H20N2O5S/c1-3-12-19-17(21)13-8-10-14(11-9-13)26(23,24)20-16-7-5-4-6-15(16)18(22)25-2/h4-11,20H,3,12H2,1-2H3,(H,19,21). The maximum atomic E-state index is 12.6. The van der Waals surface area contributed by atoms with Crippen molar-refractivity contribution in [2.75, 3.05) is 18.4 Å². The van der Waals surface area contributed by atoms with E-state index in [1.54, 1.807) is 12.1 Å². The Morgan fingerprint density at radius 1 is 1.04 bits per heavy atom. The van der Waals surface area contributed by atoms with Crippen LogP contribution in [-0.2, 0) is 14.8 Å². The Hall–Kier alpha value is -2.87. The highest BCUT2D eigenvalue weighted by Gasteiger charge is 2.19.